The zero-order valence-corrected chi connectivity index (χ0v) is 19.2. The number of rotatable bonds is 8. The number of carbonyl (C=O) groups excluding carboxylic acids is 2. The van der Waals surface area contributed by atoms with Crippen LogP contribution in [-0.4, -0.2) is 34.0 Å². The molecule has 0 saturated carbocycles. The normalized spacial score (nSPS) is 12.3. The Morgan fingerprint density at radius 2 is 1.67 bits per heavy atom. The lowest BCUT2D eigenvalue weighted by Crippen LogP contribution is -2.52. The van der Waals surface area contributed by atoms with E-state index in [9.17, 15) is 14.0 Å². The van der Waals surface area contributed by atoms with Crippen molar-refractivity contribution in [2.45, 2.75) is 64.1 Å². The van der Waals surface area contributed by atoms with Crippen LogP contribution in [0.2, 0.25) is 0 Å². The predicted molar refractivity (Wildman–Crippen MR) is 121 cm³/mol. The highest BCUT2D eigenvalue weighted by molar-refractivity contribution is 7.99. The van der Waals surface area contributed by atoms with Gasteiger partial charge in [-0.05, 0) is 64.4 Å². The van der Waals surface area contributed by atoms with Crippen LogP contribution in [0.1, 0.15) is 45.2 Å². The number of hydrogen-bond donors (Lipinski definition) is 1. The van der Waals surface area contributed by atoms with E-state index in [1.165, 1.54) is 17.7 Å². The number of aryl methyl sites for hydroxylation is 1. The third-order valence-corrected chi connectivity index (χ3v) is 5.55. The van der Waals surface area contributed by atoms with Crippen LogP contribution in [0.3, 0.4) is 0 Å². The molecule has 0 radical (unpaired) electrons. The monoisotopic (exact) mass is 430 g/mol. The summed E-state index contributed by atoms with van der Waals surface area (Å²) in [5, 5.41) is 2.94. The molecule has 1 atom stereocenters. The SMILES string of the molecule is Cc1ccc(SCCC(=O)N(Cc2ccc(F)cc2)C(C)C(=O)NC(C)(C)C)cc1. The summed E-state index contributed by atoms with van der Waals surface area (Å²) in [4.78, 5) is 28.4. The summed E-state index contributed by atoms with van der Waals surface area (Å²) in [6, 6.07) is 13.6. The van der Waals surface area contributed by atoms with Crippen molar-refractivity contribution in [1.29, 1.82) is 0 Å². The first-order valence-electron chi connectivity index (χ1n) is 10.1. The van der Waals surface area contributed by atoms with Gasteiger partial charge in [-0.2, -0.15) is 0 Å². The number of benzene rings is 2. The summed E-state index contributed by atoms with van der Waals surface area (Å²) in [7, 11) is 0. The van der Waals surface area contributed by atoms with Gasteiger partial charge in [0.15, 0.2) is 0 Å². The Morgan fingerprint density at radius 1 is 1.07 bits per heavy atom. The van der Waals surface area contributed by atoms with E-state index in [0.29, 0.717) is 12.2 Å². The predicted octanol–water partition coefficient (Wildman–Crippen LogP) is 4.95. The van der Waals surface area contributed by atoms with Crippen LogP contribution in [-0.2, 0) is 16.1 Å². The Labute approximate surface area is 183 Å². The molecule has 2 aromatic rings. The summed E-state index contributed by atoms with van der Waals surface area (Å²) >= 11 is 1.62. The zero-order chi connectivity index (χ0) is 22.3. The number of thioether (sulfide) groups is 1. The molecule has 0 bridgehead atoms. The van der Waals surface area contributed by atoms with Gasteiger partial charge in [0, 0.05) is 29.2 Å². The van der Waals surface area contributed by atoms with Gasteiger partial charge in [-0.3, -0.25) is 9.59 Å². The minimum atomic E-state index is -0.633. The number of nitrogens with one attached hydrogen (secondary N) is 1. The van der Waals surface area contributed by atoms with Gasteiger partial charge >= 0.3 is 0 Å². The molecule has 2 amide bonds. The molecule has 4 nitrogen and oxygen atoms in total. The molecule has 1 unspecified atom stereocenters. The summed E-state index contributed by atoms with van der Waals surface area (Å²) < 4.78 is 13.3. The van der Waals surface area contributed by atoms with E-state index in [4.69, 9.17) is 0 Å². The molecule has 30 heavy (non-hydrogen) atoms. The van der Waals surface area contributed by atoms with E-state index in [2.05, 4.69) is 5.32 Å². The molecule has 162 valence electrons. The van der Waals surface area contributed by atoms with Crippen molar-refractivity contribution in [1.82, 2.24) is 10.2 Å². The molecule has 0 spiro atoms. The molecule has 0 aliphatic heterocycles. The van der Waals surface area contributed by atoms with E-state index in [0.717, 1.165) is 10.5 Å². The molecule has 0 aromatic heterocycles. The number of halogens is 1. The minimum absolute atomic E-state index is 0.101. The maximum atomic E-state index is 13.3. The fraction of sp³-hybridized carbons (Fsp3) is 0.417. The first kappa shape index (κ1) is 23.9. The van der Waals surface area contributed by atoms with Crippen molar-refractivity contribution in [3.05, 3.63) is 65.5 Å². The van der Waals surface area contributed by atoms with Crippen molar-refractivity contribution in [3.8, 4) is 0 Å². The van der Waals surface area contributed by atoms with E-state index in [1.54, 1.807) is 35.7 Å². The zero-order valence-electron chi connectivity index (χ0n) is 18.4. The topological polar surface area (TPSA) is 49.4 Å². The maximum Gasteiger partial charge on any atom is 0.242 e. The molecule has 0 aliphatic carbocycles. The average molecular weight is 431 g/mol. The van der Waals surface area contributed by atoms with Gasteiger partial charge in [-0.15, -0.1) is 11.8 Å². The Bertz CT molecular complexity index is 845. The lowest BCUT2D eigenvalue weighted by atomic mass is 10.1. The number of carbonyl (C=O) groups is 2. The molecule has 6 heteroatoms. The molecule has 0 saturated heterocycles. The molecule has 0 fully saturated rings. The van der Waals surface area contributed by atoms with E-state index in [1.807, 2.05) is 52.0 Å². The molecular weight excluding hydrogens is 399 g/mol. The van der Waals surface area contributed by atoms with Gasteiger partial charge in [-0.25, -0.2) is 4.39 Å². The smallest absolute Gasteiger partial charge is 0.242 e. The van der Waals surface area contributed by atoms with Crippen LogP contribution in [0.25, 0.3) is 0 Å². The highest BCUT2D eigenvalue weighted by atomic mass is 32.2. The summed E-state index contributed by atoms with van der Waals surface area (Å²) in [6.07, 6.45) is 0.312. The quantitative estimate of drug-likeness (QED) is 0.603. The Kier molecular flexibility index (Phi) is 8.47. The largest absolute Gasteiger partial charge is 0.350 e. The number of nitrogens with zero attached hydrogens (tertiary/aromatic N) is 1. The molecule has 2 aromatic carbocycles. The highest BCUT2D eigenvalue weighted by Crippen LogP contribution is 2.20. The average Bonchev–Trinajstić information content (AvgIpc) is 2.67. The van der Waals surface area contributed by atoms with Crippen LogP contribution in [0, 0.1) is 12.7 Å². The molecule has 1 N–H and O–H groups in total. The Morgan fingerprint density at radius 3 is 2.23 bits per heavy atom. The van der Waals surface area contributed by atoms with Crippen LogP contribution in [0.15, 0.2) is 53.4 Å². The van der Waals surface area contributed by atoms with Crippen LogP contribution >= 0.6 is 11.8 Å². The Balaban J connectivity index is 2.08. The summed E-state index contributed by atoms with van der Waals surface area (Å²) in [5.74, 6) is -0.0145. The standard InChI is InChI=1S/C24H31FN2O2S/c1-17-6-12-21(13-7-17)30-15-14-22(28)27(16-19-8-10-20(25)11-9-19)18(2)23(29)26-24(3,4)5/h6-13,18H,14-16H2,1-5H3,(H,26,29). The third-order valence-electron chi connectivity index (χ3n) is 4.54. The second kappa shape index (κ2) is 10.6. The molecule has 0 heterocycles. The lowest BCUT2D eigenvalue weighted by Gasteiger charge is -2.31. The summed E-state index contributed by atoms with van der Waals surface area (Å²) in [5.41, 5.74) is 1.59. The number of amides is 2. The van der Waals surface area contributed by atoms with E-state index < -0.39 is 11.6 Å². The second-order valence-electron chi connectivity index (χ2n) is 8.47. The third kappa shape index (κ3) is 7.82. The minimum Gasteiger partial charge on any atom is -0.350 e. The van der Waals surface area contributed by atoms with Gasteiger partial charge in [0.1, 0.15) is 11.9 Å². The maximum absolute atomic E-state index is 13.3. The fourth-order valence-electron chi connectivity index (χ4n) is 2.88. The first-order valence-corrected chi connectivity index (χ1v) is 11.1. The number of hydrogen-bond acceptors (Lipinski definition) is 3. The van der Waals surface area contributed by atoms with Crippen LogP contribution in [0.4, 0.5) is 4.39 Å². The van der Waals surface area contributed by atoms with Crippen molar-refractivity contribution < 1.29 is 14.0 Å². The fourth-order valence-corrected chi connectivity index (χ4v) is 3.72. The van der Waals surface area contributed by atoms with Gasteiger partial charge in [-0.1, -0.05) is 29.8 Å². The van der Waals surface area contributed by atoms with Crippen molar-refractivity contribution in [3.63, 3.8) is 0 Å². The highest BCUT2D eigenvalue weighted by Gasteiger charge is 2.28. The molecule has 0 aliphatic rings. The van der Waals surface area contributed by atoms with E-state index >= 15 is 0 Å². The van der Waals surface area contributed by atoms with Gasteiger partial charge < -0.3 is 10.2 Å². The van der Waals surface area contributed by atoms with Crippen molar-refractivity contribution in [2.75, 3.05) is 5.75 Å². The summed E-state index contributed by atoms with van der Waals surface area (Å²) in [6.45, 7) is 9.74. The molecule has 2 rings (SSSR count). The Hall–Kier alpha value is -2.34. The first-order chi connectivity index (χ1) is 14.0. The van der Waals surface area contributed by atoms with Gasteiger partial charge in [0.05, 0.1) is 0 Å². The second-order valence-corrected chi connectivity index (χ2v) is 9.64. The van der Waals surface area contributed by atoms with Crippen LogP contribution in [0.5, 0.6) is 0 Å². The van der Waals surface area contributed by atoms with Crippen molar-refractivity contribution >= 4 is 23.6 Å². The van der Waals surface area contributed by atoms with Gasteiger partial charge in [0.25, 0.3) is 0 Å². The lowest BCUT2D eigenvalue weighted by molar-refractivity contribution is -0.140. The molecular formula is C24H31FN2O2S. The van der Waals surface area contributed by atoms with Gasteiger partial charge in [0.2, 0.25) is 11.8 Å². The van der Waals surface area contributed by atoms with E-state index in [-0.39, 0.29) is 24.2 Å². The van der Waals surface area contributed by atoms with Crippen molar-refractivity contribution in [2.24, 2.45) is 0 Å². The van der Waals surface area contributed by atoms with Crippen LogP contribution < -0.4 is 5.32 Å².